The van der Waals surface area contributed by atoms with Gasteiger partial charge in [0.05, 0.1) is 32.0 Å². The van der Waals surface area contributed by atoms with Crippen molar-refractivity contribution in [3.63, 3.8) is 0 Å². The van der Waals surface area contributed by atoms with Crippen molar-refractivity contribution in [3.05, 3.63) is 48.0 Å². The summed E-state index contributed by atoms with van der Waals surface area (Å²) in [5, 5.41) is 5.08. The minimum Gasteiger partial charge on any atom is -0.493 e. The molecule has 0 radical (unpaired) electrons. The van der Waals surface area contributed by atoms with Crippen LogP contribution in [0.25, 0.3) is 0 Å². The molecule has 0 aliphatic heterocycles. The molecule has 0 aliphatic rings. The van der Waals surface area contributed by atoms with Crippen molar-refractivity contribution >= 4 is 17.3 Å². The van der Waals surface area contributed by atoms with Crippen LogP contribution in [0.2, 0.25) is 0 Å². The maximum atomic E-state index is 12.9. The Labute approximate surface area is 142 Å². The summed E-state index contributed by atoms with van der Waals surface area (Å²) in [7, 11) is 2.97. The van der Waals surface area contributed by atoms with Crippen molar-refractivity contribution < 1.29 is 27.4 Å². The van der Waals surface area contributed by atoms with Crippen molar-refractivity contribution in [1.29, 1.82) is 0 Å². The second-order valence-electron chi connectivity index (χ2n) is 5.01. The summed E-state index contributed by atoms with van der Waals surface area (Å²) in [4.78, 5) is 11.9. The molecule has 0 saturated carbocycles. The highest BCUT2D eigenvalue weighted by Gasteiger charge is 2.33. The molecule has 8 heteroatoms. The summed E-state index contributed by atoms with van der Waals surface area (Å²) in [6, 6.07) is 9.74. The molecule has 5 nitrogen and oxygen atoms in total. The Morgan fingerprint density at radius 1 is 1.04 bits per heavy atom. The van der Waals surface area contributed by atoms with E-state index in [1.165, 1.54) is 32.4 Å². The van der Waals surface area contributed by atoms with E-state index in [9.17, 15) is 18.0 Å². The lowest BCUT2D eigenvalue weighted by atomic mass is 10.1. The van der Waals surface area contributed by atoms with Crippen LogP contribution in [0.4, 0.5) is 24.5 Å². The zero-order valence-electron chi connectivity index (χ0n) is 13.6. The predicted octanol–water partition coefficient (Wildman–Crippen LogP) is 3.77. The minimum absolute atomic E-state index is 0.207. The van der Waals surface area contributed by atoms with E-state index in [1.807, 2.05) is 0 Å². The molecule has 2 aromatic rings. The van der Waals surface area contributed by atoms with Crippen LogP contribution < -0.4 is 20.1 Å². The van der Waals surface area contributed by atoms with Gasteiger partial charge in [-0.05, 0) is 24.3 Å². The van der Waals surface area contributed by atoms with Crippen molar-refractivity contribution in [2.75, 3.05) is 31.4 Å². The highest BCUT2D eigenvalue weighted by molar-refractivity contribution is 5.94. The van der Waals surface area contributed by atoms with Crippen LogP contribution in [0, 0.1) is 0 Å². The van der Waals surface area contributed by atoms with Gasteiger partial charge in [0, 0.05) is 11.8 Å². The molecule has 0 aliphatic carbocycles. The first kappa shape index (κ1) is 18.4. The molecule has 0 spiro atoms. The van der Waals surface area contributed by atoms with Crippen molar-refractivity contribution in [2.24, 2.45) is 0 Å². The number of nitrogens with one attached hydrogen (secondary N) is 2. The first-order chi connectivity index (χ1) is 11.8. The number of carbonyl (C=O) groups is 1. The molecular formula is C17H17F3N2O3. The number of anilines is 2. The molecule has 0 heterocycles. The molecule has 0 fully saturated rings. The third kappa shape index (κ3) is 4.79. The van der Waals surface area contributed by atoms with Crippen molar-refractivity contribution in [1.82, 2.24) is 0 Å². The third-order valence-corrected chi connectivity index (χ3v) is 3.34. The molecule has 2 aromatic carbocycles. The van der Waals surface area contributed by atoms with Gasteiger partial charge in [0.25, 0.3) is 0 Å². The topological polar surface area (TPSA) is 59.6 Å². The zero-order chi connectivity index (χ0) is 18.4. The van der Waals surface area contributed by atoms with E-state index in [0.29, 0.717) is 17.2 Å². The number of hydrogen-bond donors (Lipinski definition) is 2. The number of rotatable bonds is 6. The minimum atomic E-state index is -4.54. The number of benzene rings is 2. The number of para-hydroxylation sites is 1. The summed E-state index contributed by atoms with van der Waals surface area (Å²) in [6.45, 7) is -0.207. The highest BCUT2D eigenvalue weighted by atomic mass is 19.4. The maximum Gasteiger partial charge on any atom is 0.418 e. The fourth-order valence-corrected chi connectivity index (χ4v) is 2.16. The van der Waals surface area contributed by atoms with E-state index < -0.39 is 17.6 Å². The zero-order valence-corrected chi connectivity index (χ0v) is 13.6. The molecule has 0 unspecified atom stereocenters. The van der Waals surface area contributed by atoms with Gasteiger partial charge in [0.15, 0.2) is 11.5 Å². The molecule has 2 rings (SSSR count). The van der Waals surface area contributed by atoms with Gasteiger partial charge in [-0.2, -0.15) is 13.2 Å². The van der Waals surface area contributed by atoms with Gasteiger partial charge in [0.2, 0.25) is 5.91 Å². The Morgan fingerprint density at radius 3 is 2.36 bits per heavy atom. The van der Waals surface area contributed by atoms with Crippen LogP contribution in [0.3, 0.4) is 0 Å². The van der Waals surface area contributed by atoms with E-state index in [1.54, 1.807) is 18.2 Å². The Balaban J connectivity index is 2.03. The normalized spacial score (nSPS) is 10.9. The Kier molecular flexibility index (Phi) is 5.74. The fraction of sp³-hybridized carbons (Fsp3) is 0.235. The summed E-state index contributed by atoms with van der Waals surface area (Å²) < 4.78 is 49.0. The lowest BCUT2D eigenvalue weighted by Crippen LogP contribution is -2.23. The van der Waals surface area contributed by atoms with Crippen LogP contribution in [0.1, 0.15) is 5.56 Å². The summed E-state index contributed by atoms with van der Waals surface area (Å²) in [5.74, 6) is 0.387. The number of methoxy groups -OCH3 is 2. The smallest absolute Gasteiger partial charge is 0.418 e. The molecule has 134 valence electrons. The quantitative estimate of drug-likeness (QED) is 0.829. The highest BCUT2D eigenvalue weighted by Crippen LogP contribution is 2.34. The molecule has 0 saturated heterocycles. The summed E-state index contributed by atoms with van der Waals surface area (Å²) in [6.07, 6.45) is -4.54. The van der Waals surface area contributed by atoms with Gasteiger partial charge >= 0.3 is 6.18 Å². The van der Waals surface area contributed by atoms with Crippen molar-refractivity contribution in [3.8, 4) is 11.5 Å². The fourth-order valence-electron chi connectivity index (χ4n) is 2.16. The number of ether oxygens (including phenoxy) is 2. The van der Waals surface area contributed by atoms with Gasteiger partial charge in [-0.1, -0.05) is 12.1 Å². The number of amides is 1. The number of alkyl halides is 3. The van der Waals surface area contributed by atoms with Gasteiger partial charge in [0.1, 0.15) is 0 Å². The van der Waals surface area contributed by atoms with Gasteiger partial charge in [-0.25, -0.2) is 0 Å². The first-order valence-electron chi connectivity index (χ1n) is 7.27. The van der Waals surface area contributed by atoms with Gasteiger partial charge in [-0.15, -0.1) is 0 Å². The lowest BCUT2D eigenvalue weighted by Gasteiger charge is -2.14. The average Bonchev–Trinajstić information content (AvgIpc) is 2.59. The van der Waals surface area contributed by atoms with Gasteiger partial charge in [-0.3, -0.25) is 4.79 Å². The second kappa shape index (κ2) is 7.78. The van der Waals surface area contributed by atoms with E-state index >= 15 is 0 Å². The van der Waals surface area contributed by atoms with Crippen LogP contribution in [-0.4, -0.2) is 26.7 Å². The number of halogens is 3. The SMILES string of the molecule is COc1ccc(NCC(=O)Nc2ccccc2C(F)(F)F)cc1OC. The Hall–Kier alpha value is -2.90. The predicted molar refractivity (Wildman–Crippen MR) is 88.1 cm³/mol. The van der Waals surface area contributed by atoms with Crippen LogP contribution in [0.5, 0.6) is 11.5 Å². The van der Waals surface area contributed by atoms with Crippen LogP contribution in [0.15, 0.2) is 42.5 Å². The summed E-state index contributed by atoms with van der Waals surface area (Å²) in [5.41, 5.74) is -0.611. The lowest BCUT2D eigenvalue weighted by molar-refractivity contribution is -0.137. The van der Waals surface area contributed by atoms with E-state index in [0.717, 1.165) is 6.07 Å². The third-order valence-electron chi connectivity index (χ3n) is 3.34. The number of hydrogen-bond acceptors (Lipinski definition) is 4. The molecule has 0 bridgehead atoms. The number of carbonyl (C=O) groups excluding carboxylic acids is 1. The van der Waals surface area contributed by atoms with Gasteiger partial charge < -0.3 is 20.1 Å². The Bertz CT molecular complexity index is 748. The molecular weight excluding hydrogens is 337 g/mol. The van der Waals surface area contributed by atoms with Crippen LogP contribution in [-0.2, 0) is 11.0 Å². The molecule has 2 N–H and O–H groups in total. The first-order valence-corrected chi connectivity index (χ1v) is 7.27. The second-order valence-corrected chi connectivity index (χ2v) is 5.01. The molecule has 1 amide bonds. The van der Waals surface area contributed by atoms with E-state index in [2.05, 4.69) is 10.6 Å². The molecule has 25 heavy (non-hydrogen) atoms. The van der Waals surface area contributed by atoms with E-state index in [-0.39, 0.29) is 12.2 Å². The maximum absolute atomic E-state index is 12.9. The van der Waals surface area contributed by atoms with Crippen LogP contribution >= 0.6 is 0 Å². The molecule has 0 atom stereocenters. The monoisotopic (exact) mass is 354 g/mol. The Morgan fingerprint density at radius 2 is 1.72 bits per heavy atom. The van der Waals surface area contributed by atoms with E-state index in [4.69, 9.17) is 9.47 Å². The standard InChI is InChI=1S/C17H17F3N2O3/c1-24-14-8-7-11(9-15(14)25-2)21-10-16(23)22-13-6-4-3-5-12(13)17(18,19)20/h3-9,21H,10H2,1-2H3,(H,22,23). The largest absolute Gasteiger partial charge is 0.493 e. The summed E-state index contributed by atoms with van der Waals surface area (Å²) >= 11 is 0. The van der Waals surface area contributed by atoms with Crippen molar-refractivity contribution in [2.45, 2.75) is 6.18 Å². The average molecular weight is 354 g/mol. The molecule has 0 aromatic heterocycles.